The zero-order valence-electron chi connectivity index (χ0n) is 13.9. The summed E-state index contributed by atoms with van der Waals surface area (Å²) in [6, 6.07) is 6.94. The summed E-state index contributed by atoms with van der Waals surface area (Å²) in [6.45, 7) is 1.21. The summed E-state index contributed by atoms with van der Waals surface area (Å²) >= 11 is 6.02. The first kappa shape index (κ1) is 17.9. The van der Waals surface area contributed by atoms with Crippen molar-refractivity contribution in [3.8, 4) is 5.75 Å². The molecule has 0 aliphatic carbocycles. The number of hydrogen-bond acceptors (Lipinski definition) is 4. The van der Waals surface area contributed by atoms with Gasteiger partial charge in [-0.2, -0.15) is 0 Å². The average molecular weight is 377 g/mol. The van der Waals surface area contributed by atoms with Gasteiger partial charge in [0.05, 0.1) is 23.9 Å². The maximum absolute atomic E-state index is 13.8. The van der Waals surface area contributed by atoms with Gasteiger partial charge in [-0.25, -0.2) is 4.39 Å². The number of carbonyl (C=O) groups is 3. The van der Waals surface area contributed by atoms with Crippen molar-refractivity contribution in [1.29, 1.82) is 0 Å². The molecule has 0 spiro atoms. The monoisotopic (exact) mass is 376 g/mol. The SMILES string of the molecule is COc1cc(Cl)c(C)cc1NC(=O)CN1C(=O)c2cccc(F)c2C1=O. The lowest BCUT2D eigenvalue weighted by atomic mass is 10.1. The molecule has 0 aromatic heterocycles. The minimum atomic E-state index is -0.836. The molecule has 3 rings (SSSR count). The van der Waals surface area contributed by atoms with E-state index in [2.05, 4.69) is 5.32 Å². The van der Waals surface area contributed by atoms with Gasteiger partial charge in [-0.05, 0) is 30.7 Å². The van der Waals surface area contributed by atoms with E-state index in [1.807, 2.05) is 0 Å². The maximum Gasteiger partial charge on any atom is 0.265 e. The maximum atomic E-state index is 13.8. The molecule has 134 valence electrons. The van der Waals surface area contributed by atoms with Crippen molar-refractivity contribution in [2.24, 2.45) is 0 Å². The summed E-state index contributed by atoms with van der Waals surface area (Å²) in [7, 11) is 1.42. The molecule has 26 heavy (non-hydrogen) atoms. The van der Waals surface area contributed by atoms with Crippen molar-refractivity contribution in [3.05, 3.63) is 57.9 Å². The van der Waals surface area contributed by atoms with Crippen LogP contribution in [-0.2, 0) is 4.79 Å². The molecule has 1 aliphatic rings. The van der Waals surface area contributed by atoms with Crippen molar-refractivity contribution >= 4 is 35.0 Å². The number of nitrogens with one attached hydrogen (secondary N) is 1. The fourth-order valence-corrected chi connectivity index (χ4v) is 2.85. The van der Waals surface area contributed by atoms with Gasteiger partial charge in [0.15, 0.2) is 0 Å². The largest absolute Gasteiger partial charge is 0.495 e. The van der Waals surface area contributed by atoms with Crippen LogP contribution in [0.5, 0.6) is 5.75 Å². The van der Waals surface area contributed by atoms with E-state index in [9.17, 15) is 18.8 Å². The summed E-state index contributed by atoms with van der Waals surface area (Å²) in [6.07, 6.45) is 0. The predicted molar refractivity (Wildman–Crippen MR) is 93.1 cm³/mol. The second-order valence-electron chi connectivity index (χ2n) is 5.71. The topological polar surface area (TPSA) is 75.7 Å². The first-order chi connectivity index (χ1) is 12.3. The van der Waals surface area contributed by atoms with Crippen LogP contribution >= 0.6 is 11.6 Å². The molecule has 1 N–H and O–H groups in total. The Morgan fingerprint density at radius 1 is 1.27 bits per heavy atom. The van der Waals surface area contributed by atoms with Crippen LogP contribution in [0.2, 0.25) is 5.02 Å². The third kappa shape index (κ3) is 3.01. The van der Waals surface area contributed by atoms with Crippen LogP contribution in [0.3, 0.4) is 0 Å². The highest BCUT2D eigenvalue weighted by Gasteiger charge is 2.38. The van der Waals surface area contributed by atoms with Crippen molar-refractivity contribution in [2.45, 2.75) is 6.92 Å². The molecule has 1 aliphatic heterocycles. The number of benzene rings is 2. The quantitative estimate of drug-likeness (QED) is 0.832. The van der Waals surface area contributed by atoms with E-state index in [1.165, 1.54) is 19.2 Å². The summed E-state index contributed by atoms with van der Waals surface area (Å²) < 4.78 is 19.0. The van der Waals surface area contributed by atoms with Gasteiger partial charge in [0.25, 0.3) is 11.8 Å². The predicted octanol–water partition coefficient (Wildman–Crippen LogP) is 3.03. The highest BCUT2D eigenvalue weighted by molar-refractivity contribution is 6.31. The van der Waals surface area contributed by atoms with E-state index in [0.29, 0.717) is 26.9 Å². The van der Waals surface area contributed by atoms with Crippen LogP contribution in [0.4, 0.5) is 10.1 Å². The normalized spacial score (nSPS) is 13.0. The lowest BCUT2D eigenvalue weighted by Crippen LogP contribution is -2.37. The Labute approximate surface area is 153 Å². The molecule has 0 saturated carbocycles. The first-order valence-corrected chi connectivity index (χ1v) is 8.00. The molecule has 0 unspecified atom stereocenters. The number of hydrogen-bond donors (Lipinski definition) is 1. The van der Waals surface area contributed by atoms with Gasteiger partial charge in [0, 0.05) is 11.1 Å². The number of aryl methyl sites for hydroxylation is 1. The van der Waals surface area contributed by atoms with E-state index < -0.39 is 30.1 Å². The van der Waals surface area contributed by atoms with E-state index >= 15 is 0 Å². The second-order valence-corrected chi connectivity index (χ2v) is 6.12. The van der Waals surface area contributed by atoms with Gasteiger partial charge in [0.2, 0.25) is 5.91 Å². The summed E-state index contributed by atoms with van der Waals surface area (Å²) in [5.74, 6) is -2.63. The Kier molecular flexibility index (Phi) is 4.65. The molecule has 3 amide bonds. The third-order valence-corrected chi connectivity index (χ3v) is 4.41. The zero-order valence-corrected chi connectivity index (χ0v) is 14.7. The van der Waals surface area contributed by atoms with Crippen LogP contribution in [-0.4, -0.2) is 36.3 Å². The van der Waals surface area contributed by atoms with Crippen molar-refractivity contribution in [3.63, 3.8) is 0 Å². The van der Waals surface area contributed by atoms with Crippen LogP contribution in [0.1, 0.15) is 26.3 Å². The number of nitrogens with zero attached hydrogens (tertiary/aromatic N) is 1. The smallest absolute Gasteiger partial charge is 0.265 e. The fraction of sp³-hybridized carbons (Fsp3) is 0.167. The molecule has 8 heteroatoms. The third-order valence-electron chi connectivity index (χ3n) is 4.00. The molecule has 1 heterocycles. The lowest BCUT2D eigenvalue weighted by molar-refractivity contribution is -0.116. The number of amides is 3. The summed E-state index contributed by atoms with van der Waals surface area (Å²) in [5, 5.41) is 3.04. The number of anilines is 1. The van der Waals surface area contributed by atoms with Crippen molar-refractivity contribution in [2.75, 3.05) is 19.0 Å². The minimum Gasteiger partial charge on any atom is -0.495 e. The number of imide groups is 1. The Hall–Kier alpha value is -2.93. The van der Waals surface area contributed by atoms with Crippen molar-refractivity contribution < 1.29 is 23.5 Å². The molecule has 0 bridgehead atoms. The number of methoxy groups -OCH3 is 1. The molecule has 0 atom stereocenters. The molecule has 0 saturated heterocycles. The van der Waals surface area contributed by atoms with Gasteiger partial charge < -0.3 is 10.1 Å². The standard InChI is InChI=1S/C18H14ClFN2O4/c1-9-6-13(14(26-2)7-11(9)19)21-15(23)8-22-17(24)10-4-3-5-12(20)16(10)18(22)25/h3-7H,8H2,1-2H3,(H,21,23). The summed E-state index contributed by atoms with van der Waals surface area (Å²) in [4.78, 5) is 37.6. The number of rotatable bonds is 4. The zero-order chi connectivity index (χ0) is 19.0. The first-order valence-electron chi connectivity index (χ1n) is 7.62. The Morgan fingerprint density at radius 2 is 2.00 bits per heavy atom. The molecule has 0 fully saturated rings. The van der Waals surface area contributed by atoms with Gasteiger partial charge in [0.1, 0.15) is 18.1 Å². The molecule has 2 aromatic carbocycles. The minimum absolute atomic E-state index is 0.0530. The Bertz CT molecular complexity index is 945. The highest BCUT2D eigenvalue weighted by Crippen LogP contribution is 2.31. The van der Waals surface area contributed by atoms with Gasteiger partial charge in [-0.15, -0.1) is 0 Å². The second kappa shape index (κ2) is 6.76. The van der Waals surface area contributed by atoms with Crippen LogP contribution in [0.25, 0.3) is 0 Å². The molecule has 6 nitrogen and oxygen atoms in total. The Morgan fingerprint density at radius 3 is 2.65 bits per heavy atom. The fourth-order valence-electron chi connectivity index (χ4n) is 2.70. The highest BCUT2D eigenvalue weighted by atomic mass is 35.5. The van der Waals surface area contributed by atoms with E-state index in [0.717, 1.165) is 6.07 Å². The van der Waals surface area contributed by atoms with Crippen LogP contribution in [0.15, 0.2) is 30.3 Å². The van der Waals surface area contributed by atoms with Gasteiger partial charge in [-0.1, -0.05) is 17.7 Å². The van der Waals surface area contributed by atoms with Crippen LogP contribution < -0.4 is 10.1 Å². The number of ether oxygens (including phenoxy) is 1. The average Bonchev–Trinajstić information content (AvgIpc) is 2.84. The molecule has 0 radical (unpaired) electrons. The molecular weight excluding hydrogens is 363 g/mol. The van der Waals surface area contributed by atoms with Crippen molar-refractivity contribution in [1.82, 2.24) is 4.90 Å². The van der Waals surface area contributed by atoms with E-state index in [4.69, 9.17) is 16.3 Å². The van der Waals surface area contributed by atoms with Gasteiger partial charge in [-0.3, -0.25) is 19.3 Å². The van der Waals surface area contributed by atoms with Crippen LogP contribution in [0, 0.1) is 12.7 Å². The number of fused-ring (bicyclic) bond motifs is 1. The van der Waals surface area contributed by atoms with E-state index in [-0.39, 0.29) is 11.1 Å². The summed E-state index contributed by atoms with van der Waals surface area (Å²) in [5.41, 5.74) is 0.695. The molecule has 2 aromatic rings. The lowest BCUT2D eigenvalue weighted by Gasteiger charge is -2.16. The number of halogens is 2. The Balaban J connectivity index is 1.80. The van der Waals surface area contributed by atoms with Gasteiger partial charge >= 0.3 is 0 Å². The number of carbonyl (C=O) groups excluding carboxylic acids is 3. The molecular formula is C18H14ClFN2O4. The van der Waals surface area contributed by atoms with E-state index in [1.54, 1.807) is 19.1 Å².